The van der Waals surface area contributed by atoms with Crippen molar-refractivity contribution in [2.75, 3.05) is 40.8 Å². The Kier molecular flexibility index (Phi) is 6.39. The van der Waals surface area contributed by atoms with Crippen LogP contribution >= 0.6 is 23.2 Å². The fraction of sp³-hybridized carbons (Fsp3) is 0.538. The molecule has 102 valence electrons. The van der Waals surface area contributed by atoms with Crippen molar-refractivity contribution in [1.82, 2.24) is 9.80 Å². The second-order valence-corrected chi connectivity index (χ2v) is 5.54. The van der Waals surface area contributed by atoms with Gasteiger partial charge >= 0.3 is 0 Å². The Balaban J connectivity index is 2.81. The molecule has 18 heavy (non-hydrogen) atoms. The van der Waals surface area contributed by atoms with Crippen LogP contribution in [0, 0.1) is 0 Å². The molecule has 5 heteroatoms. The molecule has 0 amide bonds. The van der Waals surface area contributed by atoms with E-state index in [0.29, 0.717) is 16.6 Å². The zero-order valence-electron chi connectivity index (χ0n) is 11.2. The number of benzene rings is 1. The van der Waals surface area contributed by atoms with Crippen LogP contribution in [0.25, 0.3) is 0 Å². The van der Waals surface area contributed by atoms with Crippen LogP contribution in [0.4, 0.5) is 0 Å². The molecule has 0 radical (unpaired) electrons. The highest BCUT2D eigenvalue weighted by molar-refractivity contribution is 6.35. The van der Waals surface area contributed by atoms with Crippen molar-refractivity contribution in [2.45, 2.75) is 6.04 Å². The largest absolute Gasteiger partial charge is 0.329 e. The van der Waals surface area contributed by atoms with Crippen LogP contribution in [0.1, 0.15) is 11.6 Å². The van der Waals surface area contributed by atoms with Gasteiger partial charge in [-0.15, -0.1) is 0 Å². The number of likely N-dealkylation sites (N-methyl/N-ethyl adjacent to an activating group) is 2. The predicted octanol–water partition coefficient (Wildman–Crippen LogP) is 2.49. The fourth-order valence-electron chi connectivity index (χ4n) is 1.83. The number of hydrogen-bond acceptors (Lipinski definition) is 3. The van der Waals surface area contributed by atoms with Crippen molar-refractivity contribution >= 4 is 23.2 Å². The molecule has 0 aliphatic rings. The summed E-state index contributed by atoms with van der Waals surface area (Å²) in [6, 6.07) is 5.69. The first-order valence-electron chi connectivity index (χ1n) is 5.95. The molecule has 1 aromatic rings. The maximum absolute atomic E-state index is 6.23. The summed E-state index contributed by atoms with van der Waals surface area (Å²) in [5, 5.41) is 1.32. The second-order valence-electron chi connectivity index (χ2n) is 4.70. The van der Waals surface area contributed by atoms with E-state index in [0.717, 1.165) is 18.7 Å². The van der Waals surface area contributed by atoms with Crippen LogP contribution < -0.4 is 5.73 Å². The lowest BCUT2D eigenvalue weighted by Crippen LogP contribution is -2.35. The number of rotatable bonds is 6. The minimum absolute atomic E-state index is 0.120. The van der Waals surface area contributed by atoms with Gasteiger partial charge in [0.25, 0.3) is 0 Å². The Bertz CT molecular complexity index is 382. The first-order valence-corrected chi connectivity index (χ1v) is 6.71. The van der Waals surface area contributed by atoms with E-state index >= 15 is 0 Å². The summed E-state index contributed by atoms with van der Waals surface area (Å²) in [4.78, 5) is 4.36. The Morgan fingerprint density at radius 3 is 2.33 bits per heavy atom. The van der Waals surface area contributed by atoms with Gasteiger partial charge in [-0.1, -0.05) is 29.3 Å². The smallest absolute Gasteiger partial charge is 0.0482 e. The highest BCUT2D eigenvalue weighted by atomic mass is 35.5. The molecule has 1 aromatic carbocycles. The van der Waals surface area contributed by atoms with Crippen LogP contribution in [0.2, 0.25) is 10.0 Å². The summed E-state index contributed by atoms with van der Waals surface area (Å²) in [6.07, 6.45) is 0. The maximum Gasteiger partial charge on any atom is 0.0482 e. The third kappa shape index (κ3) is 4.41. The number of nitrogens with two attached hydrogens (primary N) is 1. The van der Waals surface area contributed by atoms with Gasteiger partial charge in [-0.05, 0) is 38.8 Å². The Morgan fingerprint density at radius 2 is 1.83 bits per heavy atom. The van der Waals surface area contributed by atoms with Gasteiger partial charge in [0.1, 0.15) is 0 Å². The maximum atomic E-state index is 6.23. The molecule has 2 N–H and O–H groups in total. The SMILES string of the molecule is CN(C)CCN(C)C(CN)c1ccc(Cl)cc1Cl. The lowest BCUT2D eigenvalue weighted by atomic mass is 10.1. The molecule has 0 aliphatic carbocycles. The molecule has 1 unspecified atom stereocenters. The van der Waals surface area contributed by atoms with E-state index in [4.69, 9.17) is 28.9 Å². The number of hydrogen-bond donors (Lipinski definition) is 1. The van der Waals surface area contributed by atoms with E-state index in [1.165, 1.54) is 0 Å². The van der Waals surface area contributed by atoms with Crippen molar-refractivity contribution < 1.29 is 0 Å². The standard InChI is InChI=1S/C13H21Cl2N3/c1-17(2)6-7-18(3)13(9-16)11-5-4-10(14)8-12(11)15/h4-5,8,13H,6-7,9,16H2,1-3H3. The first kappa shape index (κ1) is 15.7. The third-order valence-electron chi connectivity index (χ3n) is 2.98. The molecule has 1 atom stereocenters. The summed E-state index contributed by atoms with van der Waals surface area (Å²) in [6.45, 7) is 2.46. The molecule has 0 aliphatic heterocycles. The summed E-state index contributed by atoms with van der Waals surface area (Å²) in [7, 11) is 6.17. The van der Waals surface area contributed by atoms with E-state index in [1.807, 2.05) is 12.1 Å². The van der Waals surface area contributed by atoms with E-state index in [-0.39, 0.29) is 6.04 Å². The monoisotopic (exact) mass is 289 g/mol. The van der Waals surface area contributed by atoms with Crippen molar-refractivity contribution in [3.63, 3.8) is 0 Å². The van der Waals surface area contributed by atoms with Gasteiger partial charge in [0.15, 0.2) is 0 Å². The van der Waals surface area contributed by atoms with Gasteiger partial charge in [0, 0.05) is 35.7 Å². The summed E-state index contributed by atoms with van der Waals surface area (Å²) < 4.78 is 0. The Hall–Kier alpha value is -0.320. The van der Waals surface area contributed by atoms with Gasteiger partial charge in [0.05, 0.1) is 0 Å². The van der Waals surface area contributed by atoms with Crippen molar-refractivity contribution in [1.29, 1.82) is 0 Å². The minimum atomic E-state index is 0.120. The first-order chi connectivity index (χ1) is 8.45. The van der Waals surface area contributed by atoms with Crippen molar-refractivity contribution in [3.8, 4) is 0 Å². The molecule has 0 fully saturated rings. The van der Waals surface area contributed by atoms with Gasteiger partial charge in [0.2, 0.25) is 0 Å². The van der Waals surface area contributed by atoms with E-state index in [2.05, 4.69) is 30.9 Å². The lowest BCUT2D eigenvalue weighted by molar-refractivity contribution is 0.223. The van der Waals surface area contributed by atoms with Crippen LogP contribution in [-0.4, -0.2) is 50.6 Å². The highest BCUT2D eigenvalue weighted by Crippen LogP contribution is 2.28. The van der Waals surface area contributed by atoms with Gasteiger partial charge < -0.3 is 10.6 Å². The molecule has 0 heterocycles. The third-order valence-corrected chi connectivity index (χ3v) is 3.54. The second kappa shape index (κ2) is 7.31. The lowest BCUT2D eigenvalue weighted by Gasteiger charge is -2.29. The van der Waals surface area contributed by atoms with Crippen molar-refractivity contribution in [3.05, 3.63) is 33.8 Å². The quantitative estimate of drug-likeness (QED) is 0.873. The molecule has 1 rings (SSSR count). The van der Waals surface area contributed by atoms with E-state index in [1.54, 1.807) is 6.07 Å². The van der Waals surface area contributed by atoms with E-state index < -0.39 is 0 Å². The van der Waals surface area contributed by atoms with Crippen molar-refractivity contribution in [2.24, 2.45) is 5.73 Å². The number of nitrogens with zero attached hydrogens (tertiary/aromatic N) is 2. The fourth-order valence-corrected chi connectivity index (χ4v) is 2.36. The Morgan fingerprint density at radius 1 is 1.17 bits per heavy atom. The van der Waals surface area contributed by atoms with Crippen LogP contribution in [0.3, 0.4) is 0 Å². The summed E-state index contributed by atoms with van der Waals surface area (Å²) in [5.74, 6) is 0. The minimum Gasteiger partial charge on any atom is -0.329 e. The van der Waals surface area contributed by atoms with Gasteiger partial charge in [-0.3, -0.25) is 4.90 Å². The molecule has 0 saturated carbocycles. The van der Waals surface area contributed by atoms with Gasteiger partial charge in [-0.25, -0.2) is 0 Å². The zero-order chi connectivity index (χ0) is 13.7. The van der Waals surface area contributed by atoms with Crippen LogP contribution in [0.5, 0.6) is 0 Å². The summed E-state index contributed by atoms with van der Waals surface area (Å²) in [5.41, 5.74) is 6.90. The molecule has 0 spiro atoms. The topological polar surface area (TPSA) is 32.5 Å². The molecule has 0 aromatic heterocycles. The highest BCUT2D eigenvalue weighted by Gasteiger charge is 2.18. The zero-order valence-corrected chi connectivity index (χ0v) is 12.7. The van der Waals surface area contributed by atoms with Crippen LogP contribution in [-0.2, 0) is 0 Å². The Labute approximate surface area is 119 Å². The molecule has 0 saturated heterocycles. The predicted molar refractivity (Wildman–Crippen MR) is 79.4 cm³/mol. The number of halogens is 2. The van der Waals surface area contributed by atoms with Gasteiger partial charge in [-0.2, -0.15) is 0 Å². The van der Waals surface area contributed by atoms with Crippen LogP contribution in [0.15, 0.2) is 18.2 Å². The van der Waals surface area contributed by atoms with E-state index in [9.17, 15) is 0 Å². The average Bonchev–Trinajstić information content (AvgIpc) is 2.30. The molecule has 0 bridgehead atoms. The normalized spacial score (nSPS) is 13.3. The average molecular weight is 290 g/mol. The molecule has 3 nitrogen and oxygen atoms in total. The molecular formula is C13H21Cl2N3. The molecular weight excluding hydrogens is 269 g/mol. The summed E-state index contributed by atoms with van der Waals surface area (Å²) >= 11 is 12.1.